The molecule has 0 aromatic rings. The van der Waals surface area contributed by atoms with E-state index in [1.807, 2.05) is 0 Å². The molecule has 2 unspecified atom stereocenters. The van der Waals surface area contributed by atoms with Crippen LogP contribution in [0.25, 0.3) is 0 Å². The second-order valence-corrected chi connectivity index (χ2v) is 30.2. The van der Waals surface area contributed by atoms with E-state index in [4.69, 9.17) is 0 Å². The average Bonchev–Trinajstić information content (AvgIpc) is 2.38. The second kappa shape index (κ2) is 14.8. The van der Waals surface area contributed by atoms with Crippen molar-refractivity contribution in [2.45, 2.75) is 98.3 Å². The van der Waals surface area contributed by atoms with Crippen LogP contribution in [-0.2, 0) is 0 Å². The van der Waals surface area contributed by atoms with E-state index in [0.29, 0.717) is 9.65 Å². The Labute approximate surface area is 166 Å². The quantitative estimate of drug-likeness (QED) is 0.103. The van der Waals surface area contributed by atoms with Crippen LogP contribution >= 0.6 is 60.1 Å². The summed E-state index contributed by atoms with van der Waals surface area (Å²) in [5.41, 5.74) is 0. The third-order valence-corrected chi connectivity index (χ3v) is 16.3. The van der Waals surface area contributed by atoms with E-state index in [2.05, 4.69) is 73.9 Å². The molecule has 0 fully saturated rings. The van der Waals surface area contributed by atoms with Gasteiger partial charge in [-0.15, -0.1) is 0 Å². The molecule has 0 heterocycles. The third-order valence-electron chi connectivity index (χ3n) is 3.59. The first-order valence-electron chi connectivity index (χ1n) is 8.37. The van der Waals surface area contributed by atoms with Gasteiger partial charge in [0.25, 0.3) is 0 Å². The number of alkyl halides is 2. The van der Waals surface area contributed by atoms with Crippen LogP contribution in [0.2, 0.25) is 10.6 Å². The fourth-order valence-electron chi connectivity index (χ4n) is 2.35. The van der Waals surface area contributed by atoms with Crippen LogP contribution in [0, 0.1) is 0 Å². The molecule has 0 nitrogen and oxygen atoms in total. The van der Waals surface area contributed by atoms with Gasteiger partial charge in [0.05, 0.1) is 0 Å². The van der Waals surface area contributed by atoms with Gasteiger partial charge in [-0.05, 0) is 0 Å². The summed E-state index contributed by atoms with van der Waals surface area (Å²) in [6.07, 6.45) is 13.6. The topological polar surface area (TPSA) is 0 Å². The van der Waals surface area contributed by atoms with Crippen LogP contribution in [0.15, 0.2) is 0 Å². The van der Waals surface area contributed by atoms with Gasteiger partial charge >= 0.3 is 168 Å². The number of hydrogen-bond donors (Lipinski definition) is 0. The zero-order valence-electron chi connectivity index (χ0n) is 13.6. The van der Waals surface area contributed by atoms with E-state index in [0.717, 1.165) is 0 Å². The van der Waals surface area contributed by atoms with Crippen LogP contribution in [0.5, 0.6) is 0 Å². The number of halogens is 4. The van der Waals surface area contributed by atoms with E-state index >= 15 is 0 Å². The third kappa shape index (κ3) is 15.7. The van der Waals surface area contributed by atoms with Gasteiger partial charge < -0.3 is 0 Å². The monoisotopic (exact) mass is 620 g/mol. The van der Waals surface area contributed by atoms with Gasteiger partial charge in [-0.3, -0.25) is 0 Å². The molecule has 0 aromatic heterocycles. The summed E-state index contributed by atoms with van der Waals surface area (Å²) in [4.78, 5) is 1.35. The molecule has 0 aliphatic rings. The zero-order valence-corrected chi connectivity index (χ0v) is 21.6. The van der Waals surface area contributed by atoms with E-state index < -0.39 is 9.23 Å². The Balaban J connectivity index is 3.83. The molecule has 0 aliphatic carbocycles. The number of unbranched alkanes of at least 4 members (excludes halogenated alkanes) is 6. The molecule has 130 valence electrons. The van der Waals surface area contributed by atoms with E-state index in [1.54, 1.807) is 0 Å². The molecule has 0 rings (SSSR count). The van der Waals surface area contributed by atoms with Gasteiger partial charge in [-0.25, -0.2) is 0 Å². The maximum absolute atomic E-state index is 4.04. The minimum atomic E-state index is -1.62. The molecule has 0 N–H and O–H groups in total. The van der Waals surface area contributed by atoms with E-state index in [-0.39, 0.29) is 0 Å². The van der Waals surface area contributed by atoms with Crippen molar-refractivity contribution in [1.82, 2.24) is 0 Å². The van der Waals surface area contributed by atoms with Crippen LogP contribution in [-0.4, -0.2) is 18.9 Å². The fourth-order valence-corrected chi connectivity index (χ4v) is 24.9. The van der Waals surface area contributed by atoms with Crippen LogP contribution in [0.4, 0.5) is 0 Å². The Bertz CT molecular complexity index is 214. The summed E-state index contributed by atoms with van der Waals surface area (Å²) < 4.78 is 0. The predicted molar refractivity (Wildman–Crippen MR) is 116 cm³/mol. The van der Waals surface area contributed by atoms with Gasteiger partial charge in [0.2, 0.25) is 0 Å². The van der Waals surface area contributed by atoms with Crippen molar-refractivity contribution in [1.29, 1.82) is 0 Å². The molecule has 2 atom stereocenters. The Hall–Kier alpha value is 2.44. The van der Waals surface area contributed by atoms with Gasteiger partial charge in [-0.2, -0.15) is 0 Å². The molecule has 0 aromatic carbocycles. The molecular weight excluding hydrogens is 591 g/mol. The van der Waals surface area contributed by atoms with Crippen molar-refractivity contribution in [3.05, 3.63) is 0 Å². The Morgan fingerprint density at radius 1 is 0.667 bits per heavy atom. The summed E-state index contributed by atoms with van der Waals surface area (Å²) in [7, 11) is -1.62. The normalized spacial score (nSPS) is 15.9. The minimum absolute atomic E-state index is 0.674. The molecule has 0 aliphatic heterocycles. The van der Waals surface area contributed by atoms with Gasteiger partial charge in [0.15, 0.2) is 0 Å². The summed E-state index contributed by atoms with van der Waals surface area (Å²) in [5, 5.41) is 2.58. The van der Waals surface area contributed by atoms with Gasteiger partial charge in [-0.1, -0.05) is 0 Å². The molecule has 0 bridgehead atoms. The fraction of sp³-hybridized carbons (Fsp3) is 1.00. The SMILES string of the molecule is CCCCCCC(Br)C[Se](Br)(Br)CC(Br)CCCCCC. The molecule has 0 radical (unpaired) electrons. The molecule has 0 spiro atoms. The first-order valence-corrected chi connectivity index (χ1v) is 20.6. The van der Waals surface area contributed by atoms with Crippen molar-refractivity contribution in [3.63, 3.8) is 0 Å². The molecule has 5 heteroatoms. The first-order chi connectivity index (χ1) is 9.91. The van der Waals surface area contributed by atoms with Crippen LogP contribution in [0.3, 0.4) is 0 Å². The molecule has 0 saturated carbocycles. The average molecular weight is 623 g/mol. The zero-order chi connectivity index (χ0) is 16.1. The second-order valence-electron chi connectivity index (χ2n) is 5.93. The molecule has 0 saturated heterocycles. The van der Waals surface area contributed by atoms with Crippen molar-refractivity contribution in [2.75, 3.05) is 0 Å². The Kier molecular flexibility index (Phi) is 16.5. The number of rotatable bonds is 14. The van der Waals surface area contributed by atoms with Crippen LogP contribution in [0.1, 0.15) is 78.1 Å². The Morgan fingerprint density at radius 3 is 1.38 bits per heavy atom. The summed E-state index contributed by atoms with van der Waals surface area (Å²) in [5.74, 6) is 0. The van der Waals surface area contributed by atoms with Crippen molar-refractivity contribution >= 4 is 69.3 Å². The maximum atomic E-state index is 4.04. The van der Waals surface area contributed by atoms with Crippen molar-refractivity contribution in [3.8, 4) is 0 Å². The summed E-state index contributed by atoms with van der Waals surface area (Å²) in [6, 6.07) is 0. The van der Waals surface area contributed by atoms with Gasteiger partial charge in [0.1, 0.15) is 0 Å². The van der Waals surface area contributed by atoms with Gasteiger partial charge in [0, 0.05) is 0 Å². The van der Waals surface area contributed by atoms with E-state index in [1.165, 1.54) is 74.8 Å². The van der Waals surface area contributed by atoms with Crippen molar-refractivity contribution in [2.24, 2.45) is 0 Å². The molecule has 0 amide bonds. The first kappa shape index (κ1) is 23.4. The molecular formula is C16H32Br4Se. The predicted octanol–water partition coefficient (Wildman–Crippen LogP) is 8.69. The summed E-state index contributed by atoms with van der Waals surface area (Å²) in [6.45, 7) is 4.55. The van der Waals surface area contributed by atoms with E-state index in [9.17, 15) is 0 Å². The number of hydrogen-bond acceptors (Lipinski definition) is 0. The molecule has 21 heavy (non-hydrogen) atoms. The summed E-state index contributed by atoms with van der Waals surface area (Å²) >= 11 is 15.9. The van der Waals surface area contributed by atoms with Crippen LogP contribution < -0.4 is 0 Å². The Morgan fingerprint density at radius 2 is 1.05 bits per heavy atom. The van der Waals surface area contributed by atoms with Crippen molar-refractivity contribution < 1.29 is 0 Å². The standard InChI is InChI=1S/C16H32Br4Se/c1-3-5-7-9-11-15(17)13-21(19,20)14-16(18)12-10-8-6-4-2/h15-16H,3-14H2,1-2H3.